The number of hydrogen-bond acceptors (Lipinski definition) is 2. The molecule has 1 aliphatic heterocycles. The fourth-order valence-electron chi connectivity index (χ4n) is 3.81. The third kappa shape index (κ3) is 3.06. The molecule has 1 heterocycles. The molecule has 0 bridgehead atoms. The molecular formula is C19H25NO. The van der Waals surface area contributed by atoms with Crippen molar-refractivity contribution >= 4 is 10.8 Å². The van der Waals surface area contributed by atoms with Crippen LogP contribution in [-0.2, 0) is 6.54 Å². The summed E-state index contributed by atoms with van der Waals surface area (Å²) in [5, 5.41) is 2.54. The molecule has 3 rings (SSSR count). The van der Waals surface area contributed by atoms with Crippen molar-refractivity contribution < 1.29 is 4.74 Å². The van der Waals surface area contributed by atoms with Gasteiger partial charge in [0.15, 0.2) is 0 Å². The van der Waals surface area contributed by atoms with E-state index in [-0.39, 0.29) is 0 Å². The van der Waals surface area contributed by atoms with Gasteiger partial charge in [-0.3, -0.25) is 4.90 Å². The van der Waals surface area contributed by atoms with E-state index in [1.54, 1.807) is 7.11 Å². The molecule has 0 amide bonds. The van der Waals surface area contributed by atoms with Crippen molar-refractivity contribution in [3.05, 3.63) is 42.0 Å². The number of methoxy groups -OCH3 is 1. The first kappa shape index (κ1) is 14.4. The molecule has 21 heavy (non-hydrogen) atoms. The second-order valence-corrected chi connectivity index (χ2v) is 6.61. The van der Waals surface area contributed by atoms with Crippen LogP contribution in [0.4, 0.5) is 0 Å². The van der Waals surface area contributed by atoms with Gasteiger partial charge in [-0.25, -0.2) is 0 Å². The van der Waals surface area contributed by atoms with Crippen molar-refractivity contribution in [3.8, 4) is 5.75 Å². The molecule has 2 aromatic carbocycles. The summed E-state index contributed by atoms with van der Waals surface area (Å²) >= 11 is 0. The van der Waals surface area contributed by atoms with Gasteiger partial charge in [0.2, 0.25) is 0 Å². The van der Waals surface area contributed by atoms with Gasteiger partial charge in [-0.15, -0.1) is 0 Å². The topological polar surface area (TPSA) is 12.5 Å². The highest BCUT2D eigenvalue weighted by atomic mass is 16.5. The van der Waals surface area contributed by atoms with Gasteiger partial charge >= 0.3 is 0 Å². The summed E-state index contributed by atoms with van der Waals surface area (Å²) < 4.78 is 5.49. The molecule has 2 nitrogen and oxygen atoms in total. The van der Waals surface area contributed by atoms with E-state index in [1.807, 2.05) is 0 Å². The van der Waals surface area contributed by atoms with Gasteiger partial charge in [0.25, 0.3) is 0 Å². The highest BCUT2D eigenvalue weighted by molar-refractivity contribution is 5.91. The third-order valence-electron chi connectivity index (χ3n) is 4.53. The summed E-state index contributed by atoms with van der Waals surface area (Å²) in [6.45, 7) is 8.21. The quantitative estimate of drug-likeness (QED) is 0.831. The molecule has 1 aliphatic rings. The van der Waals surface area contributed by atoms with Crippen LogP contribution in [0, 0.1) is 11.8 Å². The van der Waals surface area contributed by atoms with Crippen molar-refractivity contribution in [3.63, 3.8) is 0 Å². The average molecular weight is 283 g/mol. The highest BCUT2D eigenvalue weighted by Crippen LogP contribution is 2.30. The minimum atomic E-state index is 0.804. The molecule has 2 heteroatoms. The zero-order chi connectivity index (χ0) is 14.8. The standard InChI is InChI=1S/C19H25NO/c1-14-10-15(2)12-20(11-14)13-16-8-9-19(21-3)18-7-5-4-6-17(16)18/h4-9,14-15H,10-13H2,1-3H3/t14-,15-/m1/s1. The summed E-state index contributed by atoms with van der Waals surface area (Å²) in [6.07, 6.45) is 1.36. The lowest BCUT2D eigenvalue weighted by Gasteiger charge is -2.35. The SMILES string of the molecule is COc1ccc(CN2C[C@H](C)C[C@@H](C)C2)c2ccccc12. The Kier molecular flexibility index (Phi) is 4.16. The maximum atomic E-state index is 5.49. The summed E-state index contributed by atoms with van der Waals surface area (Å²) in [5.41, 5.74) is 1.41. The smallest absolute Gasteiger partial charge is 0.126 e. The van der Waals surface area contributed by atoms with Crippen molar-refractivity contribution in [1.29, 1.82) is 0 Å². The number of ether oxygens (including phenoxy) is 1. The normalized spacial score (nSPS) is 23.4. The van der Waals surface area contributed by atoms with E-state index in [0.29, 0.717) is 0 Å². The number of benzene rings is 2. The number of rotatable bonds is 3. The summed E-state index contributed by atoms with van der Waals surface area (Å²) in [4.78, 5) is 2.60. The van der Waals surface area contributed by atoms with Crippen LogP contribution in [-0.4, -0.2) is 25.1 Å². The van der Waals surface area contributed by atoms with Crippen LogP contribution >= 0.6 is 0 Å². The first-order valence-electron chi connectivity index (χ1n) is 7.94. The molecule has 0 saturated carbocycles. The second kappa shape index (κ2) is 6.07. The van der Waals surface area contributed by atoms with E-state index < -0.39 is 0 Å². The Morgan fingerprint density at radius 3 is 2.33 bits per heavy atom. The molecule has 0 N–H and O–H groups in total. The van der Waals surface area contributed by atoms with E-state index in [4.69, 9.17) is 4.74 Å². The van der Waals surface area contributed by atoms with Gasteiger partial charge in [0.1, 0.15) is 5.75 Å². The van der Waals surface area contributed by atoms with E-state index >= 15 is 0 Å². The number of likely N-dealkylation sites (tertiary alicyclic amines) is 1. The molecule has 0 unspecified atom stereocenters. The maximum absolute atomic E-state index is 5.49. The molecule has 1 fully saturated rings. The fourth-order valence-corrected chi connectivity index (χ4v) is 3.81. The lowest BCUT2D eigenvalue weighted by molar-refractivity contribution is 0.135. The lowest BCUT2D eigenvalue weighted by atomic mass is 9.91. The molecule has 0 spiro atoms. The van der Waals surface area contributed by atoms with E-state index in [2.05, 4.69) is 55.1 Å². The fraction of sp³-hybridized carbons (Fsp3) is 0.474. The minimum absolute atomic E-state index is 0.804. The molecule has 0 aromatic heterocycles. The van der Waals surface area contributed by atoms with Crippen LogP contribution < -0.4 is 4.74 Å². The summed E-state index contributed by atoms with van der Waals surface area (Å²) in [5.74, 6) is 2.58. The maximum Gasteiger partial charge on any atom is 0.126 e. The highest BCUT2D eigenvalue weighted by Gasteiger charge is 2.22. The van der Waals surface area contributed by atoms with E-state index in [0.717, 1.165) is 24.1 Å². The van der Waals surface area contributed by atoms with Crippen LogP contribution in [0.25, 0.3) is 10.8 Å². The van der Waals surface area contributed by atoms with E-state index in [1.165, 1.54) is 35.8 Å². The Balaban J connectivity index is 1.90. The van der Waals surface area contributed by atoms with Crippen molar-refractivity contribution in [2.24, 2.45) is 11.8 Å². The van der Waals surface area contributed by atoms with Crippen molar-refractivity contribution in [1.82, 2.24) is 4.90 Å². The van der Waals surface area contributed by atoms with Gasteiger partial charge < -0.3 is 4.74 Å². The molecule has 0 radical (unpaired) electrons. The molecule has 2 aromatic rings. The van der Waals surface area contributed by atoms with Gasteiger partial charge in [0, 0.05) is 25.0 Å². The second-order valence-electron chi connectivity index (χ2n) is 6.61. The predicted molar refractivity (Wildman–Crippen MR) is 88.7 cm³/mol. The van der Waals surface area contributed by atoms with Crippen LogP contribution in [0.1, 0.15) is 25.8 Å². The molecule has 112 valence electrons. The number of piperidine rings is 1. The van der Waals surface area contributed by atoms with Crippen molar-refractivity contribution in [2.75, 3.05) is 20.2 Å². The van der Waals surface area contributed by atoms with Gasteiger partial charge in [-0.2, -0.15) is 0 Å². The molecule has 1 saturated heterocycles. The Morgan fingerprint density at radius 1 is 1.00 bits per heavy atom. The number of hydrogen-bond donors (Lipinski definition) is 0. The van der Waals surface area contributed by atoms with Crippen molar-refractivity contribution in [2.45, 2.75) is 26.8 Å². The largest absolute Gasteiger partial charge is 0.496 e. The zero-order valence-corrected chi connectivity index (χ0v) is 13.3. The van der Waals surface area contributed by atoms with Crippen LogP contribution in [0.5, 0.6) is 5.75 Å². The monoisotopic (exact) mass is 283 g/mol. The molecule has 2 atom stereocenters. The Labute approximate surface area is 127 Å². The van der Waals surface area contributed by atoms with E-state index in [9.17, 15) is 0 Å². The summed E-state index contributed by atoms with van der Waals surface area (Å²) in [6, 6.07) is 12.9. The minimum Gasteiger partial charge on any atom is -0.496 e. The van der Waals surface area contributed by atoms with Gasteiger partial charge in [0.05, 0.1) is 7.11 Å². The van der Waals surface area contributed by atoms with Crippen LogP contribution in [0.15, 0.2) is 36.4 Å². The molecule has 0 aliphatic carbocycles. The summed E-state index contributed by atoms with van der Waals surface area (Å²) in [7, 11) is 1.75. The Morgan fingerprint density at radius 2 is 1.67 bits per heavy atom. The van der Waals surface area contributed by atoms with Crippen LogP contribution in [0.2, 0.25) is 0 Å². The zero-order valence-electron chi connectivity index (χ0n) is 13.3. The molecular weight excluding hydrogens is 258 g/mol. The lowest BCUT2D eigenvalue weighted by Crippen LogP contribution is -2.38. The predicted octanol–water partition coefficient (Wildman–Crippen LogP) is 4.33. The first-order chi connectivity index (χ1) is 10.2. The van der Waals surface area contributed by atoms with Crippen LogP contribution in [0.3, 0.4) is 0 Å². The Hall–Kier alpha value is -1.54. The van der Waals surface area contributed by atoms with Gasteiger partial charge in [-0.05, 0) is 35.3 Å². The average Bonchev–Trinajstić information content (AvgIpc) is 2.46. The van der Waals surface area contributed by atoms with Gasteiger partial charge in [-0.1, -0.05) is 44.2 Å². The first-order valence-corrected chi connectivity index (χ1v) is 7.94. The Bertz CT molecular complexity index is 612. The number of fused-ring (bicyclic) bond motifs is 1. The number of nitrogens with zero attached hydrogens (tertiary/aromatic N) is 1. The third-order valence-corrected chi connectivity index (χ3v) is 4.53.